The fourth-order valence-corrected chi connectivity index (χ4v) is 4.05. The zero-order valence-corrected chi connectivity index (χ0v) is 17.1. The molecule has 0 radical (unpaired) electrons. The lowest BCUT2D eigenvalue weighted by Crippen LogP contribution is -2.19. The van der Waals surface area contributed by atoms with Crippen molar-refractivity contribution < 1.29 is 19.4 Å². The van der Waals surface area contributed by atoms with E-state index in [9.17, 15) is 14.7 Å². The Hall–Kier alpha value is -2.57. The van der Waals surface area contributed by atoms with Crippen molar-refractivity contribution in [2.75, 3.05) is 5.01 Å². The third kappa shape index (κ3) is 3.58. The number of carbonyl (C=O) groups excluding carboxylic acids is 2. The number of rotatable bonds is 5. The highest BCUT2D eigenvalue weighted by Crippen LogP contribution is 2.38. The lowest BCUT2D eigenvalue weighted by atomic mass is 10.0. The number of carbonyl (C=O) groups is 2. The Morgan fingerprint density at radius 1 is 1.21 bits per heavy atom. The average Bonchev–Trinajstić information content (AvgIpc) is 3.23. The Balaban J connectivity index is 1.67. The number of hydrogen-bond donors (Lipinski definition) is 1. The molecule has 8 heteroatoms. The molecule has 2 aliphatic rings. The molecular formula is C21H18Cl2N2O4. The van der Waals surface area contributed by atoms with Gasteiger partial charge in [0.15, 0.2) is 0 Å². The van der Waals surface area contributed by atoms with Gasteiger partial charge in [-0.1, -0.05) is 42.6 Å². The summed E-state index contributed by atoms with van der Waals surface area (Å²) in [6.07, 6.45) is 2.48. The minimum Gasteiger partial charge on any atom is -0.506 e. The van der Waals surface area contributed by atoms with Crippen molar-refractivity contribution in [1.82, 2.24) is 0 Å². The van der Waals surface area contributed by atoms with E-state index in [0.717, 1.165) is 24.8 Å². The summed E-state index contributed by atoms with van der Waals surface area (Å²) in [5.74, 6) is -0.858. The van der Waals surface area contributed by atoms with E-state index in [1.165, 1.54) is 17.1 Å². The summed E-state index contributed by atoms with van der Waals surface area (Å²) in [6.45, 7) is 2.08. The second kappa shape index (κ2) is 7.69. The zero-order valence-electron chi connectivity index (χ0n) is 15.6. The Kier molecular flexibility index (Phi) is 5.23. The number of unbranched alkanes of at least 4 members (excludes halogenated alkanes) is 1. The van der Waals surface area contributed by atoms with Crippen LogP contribution in [0, 0.1) is 0 Å². The van der Waals surface area contributed by atoms with Gasteiger partial charge in [0.05, 0.1) is 28.4 Å². The molecule has 1 amide bonds. The number of hydrazone groups is 1. The number of halogens is 2. The van der Waals surface area contributed by atoms with Gasteiger partial charge < -0.3 is 9.84 Å². The molecular weight excluding hydrogens is 415 g/mol. The lowest BCUT2D eigenvalue weighted by Gasteiger charge is -2.13. The quantitative estimate of drug-likeness (QED) is 0.654. The summed E-state index contributed by atoms with van der Waals surface area (Å²) in [6, 6.07) is 8.10. The number of fused-ring (bicyclic) bond motifs is 1. The van der Waals surface area contributed by atoms with Crippen LogP contribution in [0.15, 0.2) is 35.4 Å². The molecule has 150 valence electrons. The highest BCUT2D eigenvalue weighted by Gasteiger charge is 2.33. The number of cyclic esters (lactones) is 1. The maximum Gasteiger partial charge on any atom is 0.339 e. The fraction of sp³-hybridized carbons (Fsp3) is 0.286. The van der Waals surface area contributed by atoms with Gasteiger partial charge in [-0.05, 0) is 37.1 Å². The van der Waals surface area contributed by atoms with Crippen LogP contribution in [0.1, 0.15) is 60.2 Å². The van der Waals surface area contributed by atoms with Gasteiger partial charge in [0.25, 0.3) is 5.91 Å². The van der Waals surface area contributed by atoms with Crippen molar-refractivity contribution in [2.45, 2.75) is 38.7 Å². The van der Waals surface area contributed by atoms with Crippen LogP contribution in [-0.4, -0.2) is 22.7 Å². The van der Waals surface area contributed by atoms with Gasteiger partial charge in [-0.3, -0.25) is 4.79 Å². The van der Waals surface area contributed by atoms with E-state index in [0.29, 0.717) is 27.5 Å². The molecule has 0 aromatic heterocycles. The van der Waals surface area contributed by atoms with Crippen LogP contribution in [0.4, 0.5) is 5.69 Å². The standard InChI is InChI=1S/C21H18Cl2N2O4/c1-2-3-4-18-13-6-5-12(9-14(13)21(28)29-18)25-19(26)10-17(24-25)15-7-11(22)8-16(23)20(15)27/h5-9,18,27H,2-4,10H2,1H3. The molecule has 0 bridgehead atoms. The first-order valence-corrected chi connectivity index (χ1v) is 10.1. The zero-order chi connectivity index (χ0) is 20.7. The van der Waals surface area contributed by atoms with E-state index in [1.54, 1.807) is 12.1 Å². The van der Waals surface area contributed by atoms with Crippen molar-refractivity contribution in [3.8, 4) is 5.75 Å². The first kappa shape index (κ1) is 19.7. The molecule has 1 atom stereocenters. The van der Waals surface area contributed by atoms with E-state index < -0.39 is 5.97 Å². The molecule has 2 aromatic rings. The van der Waals surface area contributed by atoms with Crippen molar-refractivity contribution in [3.63, 3.8) is 0 Å². The molecule has 0 spiro atoms. The van der Waals surface area contributed by atoms with Crippen LogP contribution >= 0.6 is 23.2 Å². The largest absolute Gasteiger partial charge is 0.506 e. The number of aromatic hydroxyl groups is 1. The minimum atomic E-state index is -0.391. The highest BCUT2D eigenvalue weighted by atomic mass is 35.5. The number of phenolic OH excluding ortho intramolecular Hbond substituents is 1. The SMILES string of the molecule is CCCCC1OC(=O)c2cc(N3N=C(c4cc(Cl)cc(Cl)c4O)CC3=O)ccc21. The monoisotopic (exact) mass is 432 g/mol. The molecule has 0 saturated heterocycles. The maximum absolute atomic E-state index is 12.6. The van der Waals surface area contributed by atoms with Gasteiger partial charge in [0, 0.05) is 16.1 Å². The molecule has 4 rings (SSSR count). The van der Waals surface area contributed by atoms with Crippen LogP contribution < -0.4 is 5.01 Å². The topological polar surface area (TPSA) is 79.2 Å². The van der Waals surface area contributed by atoms with E-state index in [2.05, 4.69) is 12.0 Å². The number of esters is 1. The molecule has 0 aliphatic carbocycles. The Labute approximate surface area is 177 Å². The molecule has 6 nitrogen and oxygen atoms in total. The summed E-state index contributed by atoms with van der Waals surface area (Å²) in [5.41, 5.74) is 2.40. The number of nitrogens with zero attached hydrogens (tertiary/aromatic N) is 2. The van der Waals surface area contributed by atoms with Crippen LogP contribution in [0.5, 0.6) is 5.75 Å². The normalized spacial score (nSPS) is 18.1. The van der Waals surface area contributed by atoms with Crippen LogP contribution in [-0.2, 0) is 9.53 Å². The first-order chi connectivity index (χ1) is 13.9. The van der Waals surface area contributed by atoms with E-state index in [-0.39, 0.29) is 29.2 Å². The summed E-state index contributed by atoms with van der Waals surface area (Å²) in [4.78, 5) is 24.8. The third-order valence-corrected chi connectivity index (χ3v) is 5.54. The van der Waals surface area contributed by atoms with Gasteiger partial charge in [0.2, 0.25) is 0 Å². The molecule has 2 aliphatic heterocycles. The van der Waals surface area contributed by atoms with E-state index in [4.69, 9.17) is 27.9 Å². The summed E-state index contributed by atoms with van der Waals surface area (Å²) in [5, 5.41) is 16.2. The van der Waals surface area contributed by atoms with Gasteiger partial charge in [-0.25, -0.2) is 9.80 Å². The second-order valence-corrected chi connectivity index (χ2v) is 7.86. The predicted octanol–water partition coefficient (Wildman–Crippen LogP) is 5.24. The number of hydrogen-bond acceptors (Lipinski definition) is 5. The molecule has 1 unspecified atom stereocenters. The van der Waals surface area contributed by atoms with Crippen LogP contribution in [0.2, 0.25) is 10.0 Å². The number of anilines is 1. The van der Waals surface area contributed by atoms with Crippen molar-refractivity contribution in [3.05, 3.63) is 57.1 Å². The van der Waals surface area contributed by atoms with Gasteiger partial charge in [-0.2, -0.15) is 5.10 Å². The third-order valence-electron chi connectivity index (χ3n) is 5.03. The minimum absolute atomic E-state index is 0.0229. The van der Waals surface area contributed by atoms with E-state index in [1.807, 2.05) is 6.07 Å². The number of benzene rings is 2. The lowest BCUT2D eigenvalue weighted by molar-refractivity contribution is -0.116. The Morgan fingerprint density at radius 3 is 2.76 bits per heavy atom. The number of ether oxygens (including phenoxy) is 1. The van der Waals surface area contributed by atoms with E-state index >= 15 is 0 Å². The Morgan fingerprint density at radius 2 is 2.00 bits per heavy atom. The summed E-state index contributed by atoms with van der Waals surface area (Å²) >= 11 is 12.0. The average molecular weight is 433 g/mol. The van der Waals surface area contributed by atoms with Crippen molar-refractivity contribution in [1.29, 1.82) is 0 Å². The van der Waals surface area contributed by atoms with Crippen LogP contribution in [0.25, 0.3) is 0 Å². The molecule has 2 heterocycles. The van der Waals surface area contributed by atoms with Gasteiger partial charge in [0.1, 0.15) is 11.9 Å². The smallest absolute Gasteiger partial charge is 0.339 e. The Bertz CT molecular complexity index is 1050. The second-order valence-electron chi connectivity index (χ2n) is 7.02. The van der Waals surface area contributed by atoms with Gasteiger partial charge >= 0.3 is 5.97 Å². The summed E-state index contributed by atoms with van der Waals surface area (Å²) in [7, 11) is 0. The van der Waals surface area contributed by atoms with Crippen molar-refractivity contribution in [2.24, 2.45) is 5.10 Å². The molecule has 0 fully saturated rings. The van der Waals surface area contributed by atoms with Crippen molar-refractivity contribution >= 4 is 46.5 Å². The molecule has 0 saturated carbocycles. The molecule has 29 heavy (non-hydrogen) atoms. The molecule has 2 aromatic carbocycles. The highest BCUT2D eigenvalue weighted by molar-refractivity contribution is 6.37. The van der Waals surface area contributed by atoms with Crippen LogP contribution in [0.3, 0.4) is 0 Å². The number of phenols is 1. The molecule has 1 N–H and O–H groups in total. The predicted molar refractivity (Wildman–Crippen MR) is 111 cm³/mol. The summed E-state index contributed by atoms with van der Waals surface area (Å²) < 4.78 is 5.47. The fourth-order valence-electron chi connectivity index (χ4n) is 3.56. The maximum atomic E-state index is 12.6. The first-order valence-electron chi connectivity index (χ1n) is 9.32. The van der Waals surface area contributed by atoms with Gasteiger partial charge in [-0.15, -0.1) is 0 Å². The number of amides is 1.